The van der Waals surface area contributed by atoms with E-state index in [2.05, 4.69) is 84.4 Å². The quantitative estimate of drug-likeness (QED) is 0.326. The van der Waals surface area contributed by atoms with Gasteiger partial charge in [0.15, 0.2) is 0 Å². The molecule has 2 bridgehead atoms. The van der Waals surface area contributed by atoms with E-state index in [0.717, 1.165) is 11.8 Å². The molecular weight excluding hydrogens is 473 g/mol. The lowest BCUT2D eigenvalue weighted by Gasteiger charge is -2.58. The molecule has 4 heterocycles. The smallest absolute Gasteiger partial charge is 0.0718 e. The molecule has 0 aromatic rings. The normalized spacial score (nSPS) is 35.3. The van der Waals surface area contributed by atoms with Crippen LogP contribution in [0.15, 0.2) is 35.2 Å². The summed E-state index contributed by atoms with van der Waals surface area (Å²) in [6.07, 6.45) is 4.11. The van der Waals surface area contributed by atoms with Crippen LogP contribution >= 0.6 is 94.1 Å². The Hall–Kier alpha value is 1.76. The van der Waals surface area contributed by atoms with Gasteiger partial charge in [-0.2, -0.15) is 0 Å². The van der Waals surface area contributed by atoms with Crippen molar-refractivity contribution in [2.75, 3.05) is 11.5 Å². The van der Waals surface area contributed by atoms with Crippen LogP contribution in [-0.4, -0.2) is 11.5 Å². The lowest BCUT2D eigenvalue weighted by Crippen LogP contribution is -2.48. The second-order valence-corrected chi connectivity index (χ2v) is 17.7. The third kappa shape index (κ3) is 2.90. The maximum Gasteiger partial charge on any atom is 0.0718 e. The first-order valence-electron chi connectivity index (χ1n) is 8.88. The molecule has 0 radical (unpaired) electrons. The lowest BCUT2D eigenvalue weighted by molar-refractivity contribution is -0.000905. The number of allylic oxidation sites excluding steroid dienone is 2. The van der Waals surface area contributed by atoms with Crippen LogP contribution in [0.1, 0.15) is 33.1 Å². The van der Waals surface area contributed by atoms with E-state index in [9.17, 15) is 0 Å². The molecule has 0 N–H and O–H groups in total. The Balaban J connectivity index is 1.21. The van der Waals surface area contributed by atoms with E-state index < -0.39 is 0 Å². The SMILES string of the molecule is CC1(C)[C@H]2CC3=C(SC4=C(S3)SC(=C3SC5=C(SCCCS5)S3)S4)[C@@H]1C2. The Kier molecular flexibility index (Phi) is 4.91. The lowest BCUT2D eigenvalue weighted by atomic mass is 9.51. The van der Waals surface area contributed by atoms with Crippen molar-refractivity contribution in [1.82, 2.24) is 0 Å². The maximum absolute atomic E-state index is 2.49. The van der Waals surface area contributed by atoms with Crippen LogP contribution in [-0.2, 0) is 0 Å². The summed E-state index contributed by atoms with van der Waals surface area (Å²) in [5, 5.41) is 0. The molecule has 0 unspecified atom stereocenters. The molecule has 0 amide bonds. The summed E-state index contributed by atoms with van der Waals surface area (Å²) in [4.78, 5) is 3.44. The van der Waals surface area contributed by atoms with Crippen molar-refractivity contribution in [3.05, 3.63) is 35.2 Å². The Labute approximate surface area is 189 Å². The topological polar surface area (TPSA) is 0 Å². The van der Waals surface area contributed by atoms with Crippen molar-refractivity contribution in [3.63, 3.8) is 0 Å². The first-order valence-corrected chi connectivity index (χ1v) is 15.7. The average Bonchev–Trinajstić information content (AvgIpc) is 3.16. The second-order valence-electron chi connectivity index (χ2n) is 7.69. The van der Waals surface area contributed by atoms with Gasteiger partial charge in [0.25, 0.3) is 0 Å². The van der Waals surface area contributed by atoms with E-state index in [1.54, 1.807) is 35.2 Å². The van der Waals surface area contributed by atoms with Crippen LogP contribution in [0.25, 0.3) is 0 Å². The Morgan fingerprint density at radius 2 is 1.31 bits per heavy atom. The standard InChI is InChI=1S/C18H18S8/c1-18(2)8-6-9(18)11-10(7-8)21-14-15(22-11)26-17(25-14)16-23-12-13(24-16)20-5-3-4-19-12/h8-9H,3-7H2,1-2H3/t8-,9+/m1/s1. The monoisotopic (exact) mass is 490 g/mol. The number of rotatable bonds is 0. The summed E-state index contributed by atoms with van der Waals surface area (Å²) in [5.74, 6) is 4.33. The maximum atomic E-state index is 2.49. The van der Waals surface area contributed by atoms with Gasteiger partial charge in [0, 0.05) is 9.81 Å². The number of thioether (sulfide) groups is 8. The molecule has 0 aromatic heterocycles. The predicted octanol–water partition coefficient (Wildman–Crippen LogP) is 8.95. The summed E-state index contributed by atoms with van der Waals surface area (Å²) >= 11 is 16.6. The van der Waals surface area contributed by atoms with Gasteiger partial charge in [-0.15, -0.1) is 23.5 Å². The van der Waals surface area contributed by atoms with Crippen molar-refractivity contribution in [3.8, 4) is 0 Å². The van der Waals surface area contributed by atoms with Gasteiger partial charge in [-0.25, -0.2) is 0 Å². The van der Waals surface area contributed by atoms with Crippen molar-refractivity contribution >= 4 is 94.1 Å². The third-order valence-corrected chi connectivity index (χ3v) is 18.0. The summed E-state index contributed by atoms with van der Waals surface area (Å²) in [7, 11) is 0. The van der Waals surface area contributed by atoms with Crippen LogP contribution in [0.3, 0.4) is 0 Å². The van der Waals surface area contributed by atoms with Gasteiger partial charge in [0.2, 0.25) is 0 Å². The fourth-order valence-corrected chi connectivity index (χ4v) is 17.0. The van der Waals surface area contributed by atoms with Crippen LogP contribution in [0, 0.1) is 17.3 Å². The molecule has 0 nitrogen and oxygen atoms in total. The van der Waals surface area contributed by atoms with Gasteiger partial charge in [0.05, 0.1) is 25.4 Å². The molecule has 3 aliphatic carbocycles. The van der Waals surface area contributed by atoms with Crippen LogP contribution in [0.2, 0.25) is 0 Å². The fraction of sp³-hybridized carbons (Fsp3) is 0.556. The Bertz CT molecular complexity index is 810. The first kappa shape index (κ1) is 18.5. The van der Waals surface area contributed by atoms with Gasteiger partial charge < -0.3 is 0 Å². The van der Waals surface area contributed by atoms with E-state index in [4.69, 9.17) is 0 Å². The van der Waals surface area contributed by atoms with Crippen molar-refractivity contribution in [2.24, 2.45) is 17.3 Å². The highest BCUT2D eigenvalue weighted by atomic mass is 32.3. The second kappa shape index (κ2) is 6.89. The van der Waals surface area contributed by atoms with E-state index in [1.165, 1.54) is 30.8 Å². The molecule has 7 rings (SSSR count). The molecule has 2 atom stereocenters. The molecule has 4 aliphatic heterocycles. The van der Waals surface area contributed by atoms with E-state index in [0.29, 0.717) is 5.41 Å². The zero-order chi connectivity index (χ0) is 17.5. The third-order valence-electron chi connectivity index (χ3n) is 5.91. The molecular formula is C18H18S8. The zero-order valence-corrected chi connectivity index (χ0v) is 21.0. The molecule has 1 fully saturated rings. The molecule has 8 heteroatoms. The zero-order valence-electron chi connectivity index (χ0n) is 14.5. The summed E-state index contributed by atoms with van der Waals surface area (Å²) in [6.45, 7) is 4.99. The van der Waals surface area contributed by atoms with Gasteiger partial charge >= 0.3 is 0 Å². The van der Waals surface area contributed by atoms with E-state index >= 15 is 0 Å². The van der Waals surface area contributed by atoms with Crippen molar-refractivity contribution < 1.29 is 0 Å². The molecule has 0 saturated heterocycles. The average molecular weight is 491 g/mol. The highest BCUT2D eigenvalue weighted by Gasteiger charge is 2.55. The Morgan fingerprint density at radius 3 is 1.96 bits per heavy atom. The van der Waals surface area contributed by atoms with Crippen molar-refractivity contribution in [2.45, 2.75) is 33.1 Å². The molecule has 7 aliphatic rings. The predicted molar refractivity (Wildman–Crippen MR) is 133 cm³/mol. The van der Waals surface area contributed by atoms with Gasteiger partial charge in [-0.1, -0.05) is 84.4 Å². The van der Waals surface area contributed by atoms with Crippen LogP contribution in [0.4, 0.5) is 0 Å². The molecule has 0 aromatic carbocycles. The highest BCUT2D eigenvalue weighted by Crippen LogP contribution is 2.74. The summed E-state index contributed by atoms with van der Waals surface area (Å²) < 4.78 is 9.39. The van der Waals surface area contributed by atoms with Gasteiger partial charge in [0.1, 0.15) is 0 Å². The molecule has 0 spiro atoms. The minimum absolute atomic E-state index is 0.537. The number of hydrogen-bond acceptors (Lipinski definition) is 8. The number of hydrogen-bond donors (Lipinski definition) is 0. The van der Waals surface area contributed by atoms with Gasteiger partial charge in [-0.3, -0.25) is 0 Å². The summed E-state index contributed by atoms with van der Waals surface area (Å²) in [5.41, 5.74) is 0.537. The first-order chi connectivity index (χ1) is 12.6. The largest absolute Gasteiger partial charge is 0.117 e. The van der Waals surface area contributed by atoms with Crippen LogP contribution in [0.5, 0.6) is 0 Å². The minimum atomic E-state index is 0.537. The highest BCUT2D eigenvalue weighted by molar-refractivity contribution is 8.45. The molecule has 1 saturated carbocycles. The van der Waals surface area contributed by atoms with E-state index in [-0.39, 0.29) is 0 Å². The molecule has 26 heavy (non-hydrogen) atoms. The van der Waals surface area contributed by atoms with Crippen molar-refractivity contribution in [1.29, 1.82) is 0 Å². The Morgan fingerprint density at radius 1 is 0.731 bits per heavy atom. The molecule has 138 valence electrons. The van der Waals surface area contributed by atoms with Gasteiger partial charge in [-0.05, 0) is 48.0 Å². The van der Waals surface area contributed by atoms with E-state index in [1.807, 2.05) is 23.5 Å². The van der Waals surface area contributed by atoms with Crippen LogP contribution < -0.4 is 0 Å². The minimum Gasteiger partial charge on any atom is -0.117 e. The summed E-state index contributed by atoms with van der Waals surface area (Å²) in [6, 6.07) is 0. The fourth-order valence-electron chi connectivity index (χ4n) is 4.16.